The molecule has 0 bridgehead atoms. The van der Waals surface area contributed by atoms with Crippen LogP contribution in [0.3, 0.4) is 0 Å². The summed E-state index contributed by atoms with van der Waals surface area (Å²) in [5, 5.41) is 3.44. The van der Waals surface area contributed by atoms with Crippen molar-refractivity contribution in [1.82, 2.24) is 10.1 Å². The van der Waals surface area contributed by atoms with Crippen LogP contribution in [-0.2, 0) is 28.7 Å². The Labute approximate surface area is 192 Å². The van der Waals surface area contributed by atoms with Gasteiger partial charge in [-0.3, -0.25) is 4.79 Å². The predicted molar refractivity (Wildman–Crippen MR) is 116 cm³/mol. The maximum atomic E-state index is 13.8. The number of carbonyl (C=O) groups excluding carboxylic acids is 2. The Morgan fingerprint density at radius 3 is 2.41 bits per heavy atom. The van der Waals surface area contributed by atoms with Gasteiger partial charge >= 0.3 is 6.16 Å². The van der Waals surface area contributed by atoms with Gasteiger partial charge < -0.3 is 19.0 Å². The lowest BCUT2D eigenvalue weighted by molar-refractivity contribution is -0.260. The Morgan fingerprint density at radius 1 is 1.16 bits per heavy atom. The Bertz CT molecular complexity index is 910. The SMILES string of the molecule is CCOC(=O)OC1=C(c2c(C)ccc(C)c2Cl)C(=O)N(OCOC)C12CCN(OC)CC2. The third-order valence-corrected chi connectivity index (χ3v) is 6.27. The van der Waals surface area contributed by atoms with E-state index in [0.717, 1.165) is 11.1 Å². The van der Waals surface area contributed by atoms with Crippen LogP contribution in [0.4, 0.5) is 4.79 Å². The number of carbonyl (C=O) groups is 2. The van der Waals surface area contributed by atoms with Crippen LogP contribution in [0.2, 0.25) is 5.02 Å². The number of hydroxylamine groups is 4. The summed E-state index contributed by atoms with van der Waals surface area (Å²) in [6, 6.07) is 3.75. The highest BCUT2D eigenvalue weighted by molar-refractivity contribution is 6.36. The minimum atomic E-state index is -1.05. The molecular formula is C22H29ClN2O7. The van der Waals surface area contributed by atoms with Crippen LogP contribution < -0.4 is 0 Å². The number of aryl methyl sites for hydroxylation is 2. The third kappa shape index (κ3) is 4.35. The van der Waals surface area contributed by atoms with Gasteiger partial charge in [-0.15, -0.1) is 0 Å². The molecule has 3 rings (SSSR count). The molecule has 176 valence electrons. The number of piperidine rings is 1. The van der Waals surface area contributed by atoms with E-state index in [0.29, 0.717) is 36.5 Å². The first-order valence-corrected chi connectivity index (χ1v) is 10.8. The monoisotopic (exact) mass is 468 g/mol. The average molecular weight is 469 g/mol. The van der Waals surface area contributed by atoms with Crippen molar-refractivity contribution in [2.24, 2.45) is 0 Å². The van der Waals surface area contributed by atoms with Gasteiger partial charge in [-0.2, -0.15) is 5.06 Å². The normalized spacial score (nSPS) is 18.6. The van der Waals surface area contributed by atoms with Crippen LogP contribution in [0.5, 0.6) is 0 Å². The maximum absolute atomic E-state index is 13.8. The van der Waals surface area contributed by atoms with E-state index >= 15 is 0 Å². The van der Waals surface area contributed by atoms with E-state index in [1.54, 1.807) is 19.1 Å². The van der Waals surface area contributed by atoms with Crippen molar-refractivity contribution in [3.8, 4) is 0 Å². The topological polar surface area (TPSA) is 86.8 Å². The number of methoxy groups -OCH3 is 1. The number of rotatable bonds is 7. The largest absolute Gasteiger partial charge is 0.513 e. The second kappa shape index (κ2) is 10.2. The van der Waals surface area contributed by atoms with E-state index in [-0.39, 0.29) is 24.7 Å². The van der Waals surface area contributed by atoms with Crippen molar-refractivity contribution in [3.63, 3.8) is 0 Å². The minimum absolute atomic E-state index is 0.133. The van der Waals surface area contributed by atoms with Gasteiger partial charge in [-0.05, 0) is 44.7 Å². The van der Waals surface area contributed by atoms with E-state index in [2.05, 4.69) is 0 Å². The molecule has 9 nitrogen and oxygen atoms in total. The summed E-state index contributed by atoms with van der Waals surface area (Å²) in [5.41, 5.74) is 1.21. The van der Waals surface area contributed by atoms with Crippen molar-refractivity contribution in [2.75, 3.05) is 40.7 Å². The summed E-state index contributed by atoms with van der Waals surface area (Å²) in [7, 11) is 3.05. The summed E-state index contributed by atoms with van der Waals surface area (Å²) in [4.78, 5) is 37.3. The molecule has 0 radical (unpaired) electrons. The van der Waals surface area contributed by atoms with Crippen LogP contribution in [-0.4, -0.2) is 68.4 Å². The Kier molecular flexibility index (Phi) is 7.79. The highest BCUT2D eigenvalue weighted by Gasteiger charge is 2.57. The van der Waals surface area contributed by atoms with Gasteiger partial charge in [0.05, 0.1) is 24.3 Å². The van der Waals surface area contributed by atoms with Gasteiger partial charge in [0.15, 0.2) is 12.6 Å². The zero-order chi connectivity index (χ0) is 23.5. The van der Waals surface area contributed by atoms with E-state index in [1.165, 1.54) is 12.2 Å². The van der Waals surface area contributed by atoms with Crippen LogP contribution in [0.15, 0.2) is 17.9 Å². The Balaban J connectivity index is 2.22. The van der Waals surface area contributed by atoms with Gasteiger partial charge in [0, 0.05) is 25.8 Å². The van der Waals surface area contributed by atoms with Crippen LogP contribution >= 0.6 is 11.6 Å². The molecule has 2 heterocycles. The molecule has 1 saturated heterocycles. The van der Waals surface area contributed by atoms with E-state index in [4.69, 9.17) is 35.5 Å². The van der Waals surface area contributed by atoms with Crippen molar-refractivity contribution in [3.05, 3.63) is 39.6 Å². The van der Waals surface area contributed by atoms with Crippen LogP contribution in [0.1, 0.15) is 36.5 Å². The second-order valence-electron chi connectivity index (χ2n) is 7.66. The highest BCUT2D eigenvalue weighted by Crippen LogP contribution is 2.49. The number of amides is 1. The smallest absolute Gasteiger partial charge is 0.434 e. The number of ether oxygens (including phenoxy) is 3. The lowest BCUT2D eigenvalue weighted by Gasteiger charge is -2.43. The van der Waals surface area contributed by atoms with Crippen molar-refractivity contribution in [1.29, 1.82) is 0 Å². The van der Waals surface area contributed by atoms with Gasteiger partial charge in [0.1, 0.15) is 5.54 Å². The molecular weight excluding hydrogens is 440 g/mol. The molecule has 1 aromatic carbocycles. The molecule has 32 heavy (non-hydrogen) atoms. The van der Waals surface area contributed by atoms with E-state index < -0.39 is 17.6 Å². The van der Waals surface area contributed by atoms with Crippen molar-refractivity contribution in [2.45, 2.75) is 39.2 Å². The lowest BCUT2D eigenvalue weighted by Crippen LogP contribution is -2.55. The van der Waals surface area contributed by atoms with Crippen molar-refractivity contribution < 1.29 is 33.5 Å². The Hall–Kier alpha value is -2.17. The lowest BCUT2D eigenvalue weighted by atomic mass is 9.85. The van der Waals surface area contributed by atoms with Crippen LogP contribution in [0, 0.1) is 13.8 Å². The summed E-state index contributed by atoms with van der Waals surface area (Å²) in [5.74, 6) is -0.286. The maximum Gasteiger partial charge on any atom is 0.513 e. The molecule has 1 aromatic rings. The molecule has 2 aliphatic rings. The average Bonchev–Trinajstić information content (AvgIpc) is 2.98. The van der Waals surface area contributed by atoms with Gasteiger partial charge in [-0.1, -0.05) is 23.7 Å². The molecule has 0 aliphatic carbocycles. The van der Waals surface area contributed by atoms with E-state index in [1.807, 2.05) is 26.0 Å². The van der Waals surface area contributed by atoms with Gasteiger partial charge in [0.2, 0.25) is 0 Å². The van der Waals surface area contributed by atoms with Gasteiger partial charge in [0.25, 0.3) is 5.91 Å². The minimum Gasteiger partial charge on any atom is -0.434 e. The first-order valence-electron chi connectivity index (χ1n) is 10.4. The highest BCUT2D eigenvalue weighted by atomic mass is 35.5. The zero-order valence-electron chi connectivity index (χ0n) is 19.0. The predicted octanol–water partition coefficient (Wildman–Crippen LogP) is 3.61. The fourth-order valence-corrected chi connectivity index (χ4v) is 4.46. The second-order valence-corrected chi connectivity index (χ2v) is 8.03. The summed E-state index contributed by atoms with van der Waals surface area (Å²) >= 11 is 6.66. The molecule has 1 spiro atoms. The first kappa shape index (κ1) is 24.5. The Morgan fingerprint density at radius 2 is 1.81 bits per heavy atom. The quantitative estimate of drug-likeness (QED) is 0.443. The molecule has 0 aromatic heterocycles. The number of nitrogens with zero attached hydrogens (tertiary/aromatic N) is 2. The standard InChI is InChI=1S/C22H29ClN2O7/c1-6-30-21(27)32-19-17(16-14(2)7-8-15(3)18(16)23)20(26)25(31-13-28-4)22(19)9-11-24(29-5)12-10-22/h7-8H,6,9-13H2,1-5H3. The van der Waals surface area contributed by atoms with E-state index in [9.17, 15) is 9.59 Å². The fraction of sp³-hybridized carbons (Fsp3) is 0.545. The van der Waals surface area contributed by atoms with Crippen LogP contribution in [0.25, 0.3) is 5.57 Å². The molecule has 1 fully saturated rings. The summed E-state index contributed by atoms with van der Waals surface area (Å²) in [6.07, 6.45) is -0.0926. The molecule has 1 amide bonds. The fourth-order valence-electron chi connectivity index (χ4n) is 4.16. The number of benzene rings is 1. The molecule has 0 N–H and O–H groups in total. The number of hydrogen-bond donors (Lipinski definition) is 0. The molecule has 2 aliphatic heterocycles. The summed E-state index contributed by atoms with van der Waals surface area (Å²) in [6.45, 7) is 6.33. The molecule has 0 unspecified atom stereocenters. The molecule has 0 saturated carbocycles. The molecule has 10 heteroatoms. The summed E-state index contributed by atoms with van der Waals surface area (Å²) < 4.78 is 15.8. The zero-order valence-corrected chi connectivity index (χ0v) is 19.8. The van der Waals surface area contributed by atoms with Crippen molar-refractivity contribution >= 4 is 29.2 Å². The van der Waals surface area contributed by atoms with Gasteiger partial charge in [-0.25, -0.2) is 14.7 Å². The molecule has 0 atom stereocenters. The third-order valence-electron chi connectivity index (χ3n) is 5.79. The first-order chi connectivity index (χ1) is 15.3. The number of hydrogen-bond acceptors (Lipinski definition) is 8. The number of halogens is 1.